The summed E-state index contributed by atoms with van der Waals surface area (Å²) in [5.41, 5.74) is 0. The number of likely N-dealkylation sites (tertiary alicyclic amines) is 1. The molecule has 2 fully saturated rings. The Balaban J connectivity index is 1.50. The number of aryl methyl sites for hydroxylation is 1. The van der Waals surface area contributed by atoms with Crippen LogP contribution in [0.5, 0.6) is 0 Å². The first-order chi connectivity index (χ1) is 14.1. The van der Waals surface area contributed by atoms with Gasteiger partial charge in [0.2, 0.25) is 0 Å². The lowest BCUT2D eigenvalue weighted by Gasteiger charge is -2.39. The summed E-state index contributed by atoms with van der Waals surface area (Å²) in [5.74, 6) is 3.30. The monoisotopic (exact) mass is 400 g/mol. The molecule has 4 heterocycles. The second kappa shape index (κ2) is 8.94. The fourth-order valence-electron chi connectivity index (χ4n) is 4.11. The molecular formula is C20H32N8O. The van der Waals surface area contributed by atoms with Gasteiger partial charge < -0.3 is 24.1 Å². The smallest absolute Gasteiger partial charge is 0.194 e. The SMILES string of the molecule is Cc1nnc(CN=C(NCC2CCCO2)N2CCC(C)C(n3ccnc3)C2)n1C. The predicted molar refractivity (Wildman–Crippen MR) is 110 cm³/mol. The number of hydrogen-bond acceptors (Lipinski definition) is 5. The average Bonchev–Trinajstić information content (AvgIpc) is 3.48. The molecule has 0 bridgehead atoms. The Morgan fingerprint density at radius 2 is 2.24 bits per heavy atom. The number of aliphatic imine (C=N–C) groups is 1. The number of rotatable bonds is 5. The summed E-state index contributed by atoms with van der Waals surface area (Å²) in [6.07, 6.45) is 9.47. The van der Waals surface area contributed by atoms with Gasteiger partial charge in [0.15, 0.2) is 11.8 Å². The Morgan fingerprint density at radius 1 is 1.34 bits per heavy atom. The maximum absolute atomic E-state index is 5.80. The number of nitrogens with one attached hydrogen (secondary N) is 1. The van der Waals surface area contributed by atoms with Gasteiger partial charge in [-0.2, -0.15) is 0 Å². The van der Waals surface area contributed by atoms with Gasteiger partial charge in [0.25, 0.3) is 0 Å². The molecule has 0 saturated carbocycles. The van der Waals surface area contributed by atoms with Crippen LogP contribution in [0.1, 0.15) is 43.9 Å². The summed E-state index contributed by atoms with van der Waals surface area (Å²) in [7, 11) is 1.98. The highest BCUT2D eigenvalue weighted by atomic mass is 16.5. The molecule has 3 atom stereocenters. The number of aromatic nitrogens is 5. The Labute approximate surface area is 172 Å². The molecule has 0 spiro atoms. The molecule has 1 N–H and O–H groups in total. The lowest BCUT2D eigenvalue weighted by Crippen LogP contribution is -2.50. The molecule has 4 rings (SSSR count). The van der Waals surface area contributed by atoms with E-state index in [0.29, 0.717) is 18.5 Å². The van der Waals surface area contributed by atoms with Crippen molar-refractivity contribution in [2.24, 2.45) is 18.0 Å². The minimum absolute atomic E-state index is 0.269. The number of guanidine groups is 1. The van der Waals surface area contributed by atoms with Crippen LogP contribution in [0.25, 0.3) is 0 Å². The minimum atomic E-state index is 0.269. The van der Waals surface area contributed by atoms with E-state index in [9.17, 15) is 0 Å². The number of hydrogen-bond donors (Lipinski definition) is 1. The van der Waals surface area contributed by atoms with Crippen molar-refractivity contribution < 1.29 is 4.74 Å². The Hall–Kier alpha value is -2.42. The predicted octanol–water partition coefficient (Wildman–Crippen LogP) is 1.53. The summed E-state index contributed by atoms with van der Waals surface area (Å²) < 4.78 is 10.0. The highest BCUT2D eigenvalue weighted by Crippen LogP contribution is 2.27. The van der Waals surface area contributed by atoms with Gasteiger partial charge in [0.05, 0.1) is 18.5 Å². The first-order valence-corrected chi connectivity index (χ1v) is 10.6. The molecule has 2 aliphatic heterocycles. The average molecular weight is 401 g/mol. The second-order valence-corrected chi connectivity index (χ2v) is 8.17. The van der Waals surface area contributed by atoms with Crippen molar-refractivity contribution in [2.75, 3.05) is 26.2 Å². The normalized spacial score (nSPS) is 25.6. The first kappa shape index (κ1) is 19.9. The maximum Gasteiger partial charge on any atom is 0.194 e. The zero-order valence-electron chi connectivity index (χ0n) is 17.7. The molecule has 9 heteroatoms. The van der Waals surface area contributed by atoms with Crippen molar-refractivity contribution in [2.45, 2.75) is 51.8 Å². The van der Waals surface area contributed by atoms with Gasteiger partial charge in [-0.1, -0.05) is 6.92 Å². The summed E-state index contributed by atoms with van der Waals surface area (Å²) >= 11 is 0. The van der Waals surface area contributed by atoms with E-state index in [1.165, 1.54) is 0 Å². The van der Waals surface area contributed by atoms with E-state index in [2.05, 4.69) is 43.1 Å². The fraction of sp³-hybridized carbons (Fsp3) is 0.700. The fourth-order valence-corrected chi connectivity index (χ4v) is 4.11. The van der Waals surface area contributed by atoms with E-state index in [4.69, 9.17) is 9.73 Å². The third kappa shape index (κ3) is 4.60. The van der Waals surface area contributed by atoms with Crippen molar-refractivity contribution in [1.29, 1.82) is 0 Å². The molecule has 158 valence electrons. The van der Waals surface area contributed by atoms with Crippen molar-refractivity contribution in [3.63, 3.8) is 0 Å². The molecule has 9 nitrogen and oxygen atoms in total. The minimum Gasteiger partial charge on any atom is -0.376 e. The highest BCUT2D eigenvalue weighted by molar-refractivity contribution is 5.80. The van der Waals surface area contributed by atoms with Crippen molar-refractivity contribution >= 4 is 5.96 Å². The molecule has 2 aromatic rings. The Kier molecular flexibility index (Phi) is 6.13. The summed E-state index contributed by atoms with van der Waals surface area (Å²) in [5, 5.41) is 12.0. The van der Waals surface area contributed by atoms with Crippen LogP contribution in [-0.4, -0.2) is 67.5 Å². The van der Waals surface area contributed by atoms with Gasteiger partial charge in [-0.25, -0.2) is 9.98 Å². The Bertz CT molecular complexity index is 809. The summed E-state index contributed by atoms with van der Waals surface area (Å²) in [4.78, 5) is 11.5. The largest absolute Gasteiger partial charge is 0.376 e. The van der Waals surface area contributed by atoms with Crippen LogP contribution < -0.4 is 5.32 Å². The summed E-state index contributed by atoms with van der Waals surface area (Å²) in [6.45, 7) is 8.33. The molecule has 2 aliphatic rings. The van der Waals surface area contributed by atoms with Gasteiger partial charge in [-0.05, 0) is 32.1 Å². The lowest BCUT2D eigenvalue weighted by atomic mass is 9.93. The van der Waals surface area contributed by atoms with E-state index in [1.807, 2.05) is 31.1 Å². The van der Waals surface area contributed by atoms with E-state index >= 15 is 0 Å². The molecule has 3 unspecified atom stereocenters. The molecule has 2 aromatic heterocycles. The molecular weight excluding hydrogens is 368 g/mol. The van der Waals surface area contributed by atoms with Gasteiger partial charge in [-0.3, -0.25) is 0 Å². The van der Waals surface area contributed by atoms with Crippen LogP contribution in [0.4, 0.5) is 0 Å². The summed E-state index contributed by atoms with van der Waals surface area (Å²) in [6, 6.07) is 0.387. The topological polar surface area (TPSA) is 85.4 Å². The second-order valence-electron chi connectivity index (χ2n) is 8.17. The Morgan fingerprint density at radius 3 is 2.93 bits per heavy atom. The maximum atomic E-state index is 5.80. The molecule has 2 saturated heterocycles. The van der Waals surface area contributed by atoms with Gasteiger partial charge in [-0.15, -0.1) is 10.2 Å². The van der Waals surface area contributed by atoms with E-state index < -0.39 is 0 Å². The molecule has 0 aromatic carbocycles. The first-order valence-electron chi connectivity index (χ1n) is 10.6. The van der Waals surface area contributed by atoms with Crippen molar-refractivity contribution in [3.05, 3.63) is 30.4 Å². The van der Waals surface area contributed by atoms with Crippen LogP contribution in [0.2, 0.25) is 0 Å². The molecule has 0 radical (unpaired) electrons. The third-order valence-electron chi connectivity index (χ3n) is 6.19. The van der Waals surface area contributed by atoms with Crippen LogP contribution in [0.15, 0.2) is 23.7 Å². The standard InChI is InChI=1S/C20H32N8O/c1-15-6-8-27(13-18(15)28-9-7-21-14-28)20(22-11-17-5-4-10-29-17)23-12-19-25-24-16(2)26(19)3/h7,9,14-15,17-18H,4-6,8,10-13H2,1-3H3,(H,22,23). The third-order valence-corrected chi connectivity index (χ3v) is 6.19. The zero-order valence-corrected chi connectivity index (χ0v) is 17.7. The zero-order chi connectivity index (χ0) is 20.2. The molecule has 29 heavy (non-hydrogen) atoms. The van der Waals surface area contributed by atoms with Crippen LogP contribution in [0.3, 0.4) is 0 Å². The van der Waals surface area contributed by atoms with E-state index in [1.54, 1.807) is 0 Å². The van der Waals surface area contributed by atoms with E-state index in [-0.39, 0.29) is 6.10 Å². The number of piperidine rings is 1. The van der Waals surface area contributed by atoms with Gasteiger partial charge in [0.1, 0.15) is 12.4 Å². The van der Waals surface area contributed by atoms with Gasteiger partial charge >= 0.3 is 0 Å². The van der Waals surface area contributed by atoms with Crippen molar-refractivity contribution in [1.82, 2.24) is 34.5 Å². The number of imidazole rings is 1. The molecule has 0 aliphatic carbocycles. The van der Waals surface area contributed by atoms with Crippen LogP contribution in [-0.2, 0) is 18.3 Å². The lowest BCUT2D eigenvalue weighted by molar-refractivity contribution is 0.112. The van der Waals surface area contributed by atoms with E-state index in [0.717, 1.165) is 63.1 Å². The number of nitrogens with zero attached hydrogens (tertiary/aromatic N) is 7. The van der Waals surface area contributed by atoms with Gasteiger partial charge in [0, 0.05) is 45.7 Å². The van der Waals surface area contributed by atoms with Crippen LogP contribution >= 0.6 is 0 Å². The number of ether oxygens (including phenoxy) is 1. The highest BCUT2D eigenvalue weighted by Gasteiger charge is 2.29. The van der Waals surface area contributed by atoms with Crippen molar-refractivity contribution in [3.8, 4) is 0 Å². The molecule has 0 amide bonds. The van der Waals surface area contributed by atoms with Crippen LogP contribution in [0, 0.1) is 12.8 Å². The quantitative estimate of drug-likeness (QED) is 0.605.